The number of ether oxygens (including phenoxy) is 1. The highest BCUT2D eigenvalue weighted by Gasteiger charge is 2.22. The number of nitrogens with zero attached hydrogens (tertiary/aromatic N) is 1. The highest BCUT2D eigenvalue weighted by Crippen LogP contribution is 2.25. The topological polar surface area (TPSA) is 58.6 Å². The summed E-state index contributed by atoms with van der Waals surface area (Å²) in [4.78, 5) is 1.82. The molecule has 3 rings (SSSR count). The molecule has 0 spiro atoms. The van der Waals surface area contributed by atoms with E-state index in [0.717, 1.165) is 37.3 Å². The zero-order valence-corrected chi connectivity index (χ0v) is 14.4. The zero-order chi connectivity index (χ0) is 18.0. The summed E-state index contributed by atoms with van der Waals surface area (Å²) in [5.41, 5.74) is 1.31. The summed E-state index contributed by atoms with van der Waals surface area (Å²) in [5.74, 6) is -2.30. The Morgan fingerprint density at radius 1 is 1.12 bits per heavy atom. The Morgan fingerprint density at radius 2 is 1.84 bits per heavy atom. The van der Waals surface area contributed by atoms with E-state index in [1.807, 2.05) is 0 Å². The molecular formula is C17H18F2N2O3S. The average Bonchev–Trinajstić information content (AvgIpc) is 3.06. The van der Waals surface area contributed by atoms with Gasteiger partial charge in [0.05, 0.1) is 11.0 Å². The lowest BCUT2D eigenvalue weighted by Crippen LogP contribution is -2.22. The SMILES string of the molecule is CO[C@H]1CCN(c2ccc(NS(=O)(=O)c3ccc(F)c(F)c3)cc2)C1. The van der Waals surface area contributed by atoms with E-state index < -0.39 is 21.7 Å². The Bertz CT molecular complexity index is 857. The summed E-state index contributed by atoms with van der Waals surface area (Å²) in [6.07, 6.45) is 1.15. The maximum Gasteiger partial charge on any atom is 0.261 e. The number of rotatable bonds is 5. The molecule has 1 heterocycles. The van der Waals surface area contributed by atoms with Crippen molar-refractivity contribution in [3.05, 3.63) is 54.1 Å². The summed E-state index contributed by atoms with van der Waals surface area (Å²) < 4.78 is 58.4. The van der Waals surface area contributed by atoms with E-state index in [1.54, 1.807) is 31.4 Å². The summed E-state index contributed by atoms with van der Waals surface area (Å²) in [5, 5.41) is 0. The van der Waals surface area contributed by atoms with Crippen LogP contribution in [0.4, 0.5) is 20.2 Å². The number of hydrogen-bond acceptors (Lipinski definition) is 4. The number of benzene rings is 2. The van der Waals surface area contributed by atoms with Crippen LogP contribution in [-0.4, -0.2) is 34.7 Å². The summed E-state index contributed by atoms with van der Waals surface area (Å²) in [6, 6.07) is 9.33. The first-order chi connectivity index (χ1) is 11.9. The van der Waals surface area contributed by atoms with Gasteiger partial charge in [-0.15, -0.1) is 0 Å². The van der Waals surface area contributed by atoms with Gasteiger partial charge in [-0.2, -0.15) is 0 Å². The Labute approximate surface area is 145 Å². The maximum absolute atomic E-state index is 13.3. The number of sulfonamides is 1. The fourth-order valence-electron chi connectivity index (χ4n) is 2.75. The third kappa shape index (κ3) is 3.91. The van der Waals surface area contributed by atoms with E-state index in [4.69, 9.17) is 4.74 Å². The van der Waals surface area contributed by atoms with Crippen molar-refractivity contribution >= 4 is 21.4 Å². The van der Waals surface area contributed by atoms with Crippen molar-refractivity contribution in [2.75, 3.05) is 29.8 Å². The molecule has 1 atom stereocenters. The molecule has 0 bridgehead atoms. The van der Waals surface area contributed by atoms with Crippen LogP contribution in [0, 0.1) is 11.6 Å². The van der Waals surface area contributed by atoms with Crippen molar-refractivity contribution in [2.24, 2.45) is 0 Å². The third-order valence-electron chi connectivity index (χ3n) is 4.16. The van der Waals surface area contributed by atoms with Gasteiger partial charge in [-0.1, -0.05) is 0 Å². The van der Waals surface area contributed by atoms with Gasteiger partial charge in [0.15, 0.2) is 11.6 Å². The van der Waals surface area contributed by atoms with Gasteiger partial charge in [0.2, 0.25) is 0 Å². The summed E-state index contributed by atoms with van der Waals surface area (Å²) in [6.45, 7) is 1.66. The van der Waals surface area contributed by atoms with E-state index in [-0.39, 0.29) is 11.0 Å². The first-order valence-corrected chi connectivity index (χ1v) is 9.23. The van der Waals surface area contributed by atoms with E-state index in [9.17, 15) is 17.2 Å². The van der Waals surface area contributed by atoms with Gasteiger partial charge in [0, 0.05) is 31.6 Å². The maximum atomic E-state index is 13.3. The minimum atomic E-state index is -3.99. The Balaban J connectivity index is 1.73. The number of anilines is 2. The minimum absolute atomic E-state index is 0.201. The van der Waals surface area contributed by atoms with Gasteiger partial charge in [-0.05, 0) is 48.9 Å². The van der Waals surface area contributed by atoms with Crippen molar-refractivity contribution in [1.82, 2.24) is 0 Å². The lowest BCUT2D eigenvalue weighted by atomic mass is 10.2. The lowest BCUT2D eigenvalue weighted by molar-refractivity contribution is 0.121. The first-order valence-electron chi connectivity index (χ1n) is 7.75. The van der Waals surface area contributed by atoms with Crippen LogP contribution in [0.2, 0.25) is 0 Å². The number of nitrogens with one attached hydrogen (secondary N) is 1. The smallest absolute Gasteiger partial charge is 0.261 e. The second-order valence-electron chi connectivity index (χ2n) is 5.82. The van der Waals surface area contributed by atoms with Crippen LogP contribution in [0.5, 0.6) is 0 Å². The van der Waals surface area contributed by atoms with Crippen molar-refractivity contribution in [3.8, 4) is 0 Å². The van der Waals surface area contributed by atoms with Crippen LogP contribution in [0.15, 0.2) is 47.4 Å². The van der Waals surface area contributed by atoms with Crippen LogP contribution in [0.3, 0.4) is 0 Å². The first kappa shape index (κ1) is 17.6. The lowest BCUT2D eigenvalue weighted by Gasteiger charge is -2.19. The zero-order valence-electron chi connectivity index (χ0n) is 13.6. The van der Waals surface area contributed by atoms with Crippen molar-refractivity contribution < 1.29 is 21.9 Å². The summed E-state index contributed by atoms with van der Waals surface area (Å²) in [7, 11) is -2.30. The van der Waals surface area contributed by atoms with Crippen molar-refractivity contribution in [2.45, 2.75) is 17.4 Å². The highest BCUT2D eigenvalue weighted by atomic mass is 32.2. The molecule has 8 heteroatoms. The van der Waals surface area contributed by atoms with Crippen LogP contribution < -0.4 is 9.62 Å². The number of halogens is 2. The molecule has 1 fully saturated rings. The van der Waals surface area contributed by atoms with E-state index in [2.05, 4.69) is 9.62 Å². The second kappa shape index (κ2) is 6.97. The molecule has 0 saturated carbocycles. The van der Waals surface area contributed by atoms with Crippen LogP contribution >= 0.6 is 0 Å². The normalized spacial score (nSPS) is 17.7. The molecule has 2 aromatic carbocycles. The van der Waals surface area contributed by atoms with E-state index in [1.165, 1.54) is 0 Å². The van der Waals surface area contributed by atoms with Gasteiger partial charge in [-0.25, -0.2) is 17.2 Å². The number of methoxy groups -OCH3 is 1. The van der Waals surface area contributed by atoms with Crippen molar-refractivity contribution in [3.63, 3.8) is 0 Å². The van der Waals surface area contributed by atoms with Crippen LogP contribution in [-0.2, 0) is 14.8 Å². The molecule has 0 unspecified atom stereocenters. The van der Waals surface area contributed by atoms with Crippen LogP contribution in [0.25, 0.3) is 0 Å². The minimum Gasteiger partial charge on any atom is -0.380 e. The fraction of sp³-hybridized carbons (Fsp3) is 0.294. The molecule has 1 aliphatic heterocycles. The molecule has 1 aliphatic rings. The molecule has 0 aliphatic carbocycles. The molecular weight excluding hydrogens is 350 g/mol. The fourth-order valence-corrected chi connectivity index (χ4v) is 3.82. The predicted molar refractivity (Wildman–Crippen MR) is 91.2 cm³/mol. The van der Waals surface area contributed by atoms with E-state index >= 15 is 0 Å². The van der Waals surface area contributed by atoms with E-state index in [0.29, 0.717) is 11.8 Å². The summed E-state index contributed by atoms with van der Waals surface area (Å²) >= 11 is 0. The van der Waals surface area contributed by atoms with Gasteiger partial charge in [0.25, 0.3) is 10.0 Å². The second-order valence-corrected chi connectivity index (χ2v) is 7.50. The van der Waals surface area contributed by atoms with Gasteiger partial charge < -0.3 is 9.64 Å². The molecule has 0 aromatic heterocycles. The Kier molecular flexibility index (Phi) is 4.91. The van der Waals surface area contributed by atoms with Gasteiger partial charge in [0.1, 0.15) is 0 Å². The monoisotopic (exact) mass is 368 g/mol. The van der Waals surface area contributed by atoms with Gasteiger partial charge in [-0.3, -0.25) is 4.72 Å². The molecule has 2 aromatic rings. The number of hydrogen-bond donors (Lipinski definition) is 1. The predicted octanol–water partition coefficient (Wildman–Crippen LogP) is 2.99. The standard InChI is InChI=1S/C17H18F2N2O3S/c1-24-14-8-9-21(11-14)13-4-2-12(3-5-13)20-25(22,23)15-6-7-16(18)17(19)10-15/h2-7,10,14,20H,8-9,11H2,1H3/t14-/m0/s1. The quantitative estimate of drug-likeness (QED) is 0.882. The molecule has 0 radical (unpaired) electrons. The molecule has 134 valence electrons. The molecule has 0 amide bonds. The Hall–Kier alpha value is -2.19. The average molecular weight is 368 g/mol. The molecule has 25 heavy (non-hydrogen) atoms. The van der Waals surface area contributed by atoms with Crippen molar-refractivity contribution in [1.29, 1.82) is 0 Å². The molecule has 5 nitrogen and oxygen atoms in total. The highest BCUT2D eigenvalue weighted by molar-refractivity contribution is 7.92. The van der Waals surface area contributed by atoms with Crippen LogP contribution in [0.1, 0.15) is 6.42 Å². The molecule has 1 saturated heterocycles. The largest absolute Gasteiger partial charge is 0.380 e. The molecule has 1 N–H and O–H groups in total. The Morgan fingerprint density at radius 3 is 2.44 bits per heavy atom. The van der Waals surface area contributed by atoms with Gasteiger partial charge >= 0.3 is 0 Å². The third-order valence-corrected chi connectivity index (χ3v) is 5.54.